The molecule has 2 nitrogen and oxygen atoms in total. The van der Waals surface area contributed by atoms with Gasteiger partial charge in [0.25, 0.3) is 0 Å². The van der Waals surface area contributed by atoms with Gasteiger partial charge in [-0.3, -0.25) is 0 Å². The molecule has 0 saturated heterocycles. The molecule has 0 aliphatic rings. The van der Waals surface area contributed by atoms with E-state index < -0.39 is 0 Å². The van der Waals surface area contributed by atoms with Crippen molar-refractivity contribution in [3.05, 3.63) is 21.6 Å². The molecule has 2 rings (SSSR count). The van der Waals surface area contributed by atoms with Crippen molar-refractivity contribution in [3.63, 3.8) is 0 Å². The highest BCUT2D eigenvalue weighted by Gasteiger charge is 2.04. The van der Waals surface area contributed by atoms with Crippen molar-refractivity contribution in [2.75, 3.05) is 5.73 Å². The van der Waals surface area contributed by atoms with Crippen molar-refractivity contribution in [1.82, 2.24) is 4.98 Å². The SMILES string of the molecule is Cc1cc(N)cc2sc(Br)nc12. The van der Waals surface area contributed by atoms with Crippen molar-refractivity contribution in [2.45, 2.75) is 6.92 Å². The maximum atomic E-state index is 5.70. The molecule has 0 amide bonds. The van der Waals surface area contributed by atoms with Crippen LogP contribution in [-0.2, 0) is 0 Å². The van der Waals surface area contributed by atoms with E-state index >= 15 is 0 Å². The third-order valence-electron chi connectivity index (χ3n) is 1.68. The van der Waals surface area contributed by atoms with Crippen LogP contribution in [0.2, 0.25) is 0 Å². The number of hydrogen-bond acceptors (Lipinski definition) is 3. The minimum Gasteiger partial charge on any atom is -0.399 e. The summed E-state index contributed by atoms with van der Waals surface area (Å²) in [5.41, 5.74) is 8.67. The maximum Gasteiger partial charge on any atom is 0.160 e. The van der Waals surface area contributed by atoms with E-state index in [9.17, 15) is 0 Å². The first-order valence-corrected chi connectivity index (χ1v) is 5.10. The number of nitrogens with zero attached hydrogens (tertiary/aromatic N) is 1. The molecule has 0 aliphatic carbocycles. The zero-order valence-electron chi connectivity index (χ0n) is 6.47. The number of thiazole rings is 1. The van der Waals surface area contributed by atoms with Gasteiger partial charge in [-0.1, -0.05) is 0 Å². The van der Waals surface area contributed by atoms with E-state index in [0.717, 1.165) is 25.4 Å². The van der Waals surface area contributed by atoms with E-state index in [2.05, 4.69) is 20.9 Å². The number of nitrogen functional groups attached to an aromatic ring is 1. The number of benzene rings is 1. The van der Waals surface area contributed by atoms with Gasteiger partial charge in [0.05, 0.1) is 10.2 Å². The van der Waals surface area contributed by atoms with Crippen LogP contribution in [0.3, 0.4) is 0 Å². The molecule has 0 saturated carbocycles. The molecule has 0 unspecified atom stereocenters. The molecule has 1 heterocycles. The van der Waals surface area contributed by atoms with Gasteiger partial charge in [-0.15, -0.1) is 11.3 Å². The number of nitrogens with two attached hydrogens (primary N) is 1. The molecule has 0 spiro atoms. The predicted molar refractivity (Wildman–Crippen MR) is 56.5 cm³/mol. The lowest BCUT2D eigenvalue weighted by Gasteiger charge is -1.95. The Hall–Kier alpha value is -0.610. The van der Waals surface area contributed by atoms with Crippen LogP contribution in [-0.4, -0.2) is 4.98 Å². The summed E-state index contributed by atoms with van der Waals surface area (Å²) in [6.07, 6.45) is 0. The minimum absolute atomic E-state index is 0.802. The highest BCUT2D eigenvalue weighted by Crippen LogP contribution is 2.29. The summed E-state index contributed by atoms with van der Waals surface area (Å²) in [7, 11) is 0. The van der Waals surface area contributed by atoms with E-state index in [1.54, 1.807) is 11.3 Å². The monoisotopic (exact) mass is 242 g/mol. The van der Waals surface area contributed by atoms with Crippen LogP contribution >= 0.6 is 27.3 Å². The molecule has 62 valence electrons. The lowest BCUT2D eigenvalue weighted by atomic mass is 10.2. The van der Waals surface area contributed by atoms with Crippen LogP contribution < -0.4 is 5.73 Å². The molecular weight excluding hydrogens is 236 g/mol. The molecule has 2 aromatic rings. The first kappa shape index (κ1) is 8.01. The van der Waals surface area contributed by atoms with Crippen molar-refractivity contribution >= 4 is 43.2 Å². The van der Waals surface area contributed by atoms with E-state index in [0.29, 0.717) is 0 Å². The molecule has 0 aliphatic heterocycles. The van der Waals surface area contributed by atoms with Gasteiger partial charge in [0.15, 0.2) is 3.92 Å². The van der Waals surface area contributed by atoms with Crippen LogP contribution in [0.15, 0.2) is 16.0 Å². The molecule has 12 heavy (non-hydrogen) atoms. The van der Waals surface area contributed by atoms with Crippen LogP contribution in [0.4, 0.5) is 5.69 Å². The van der Waals surface area contributed by atoms with E-state index in [1.807, 2.05) is 19.1 Å². The van der Waals surface area contributed by atoms with Crippen molar-refractivity contribution < 1.29 is 0 Å². The van der Waals surface area contributed by atoms with Gasteiger partial charge in [0.1, 0.15) is 0 Å². The summed E-state index contributed by atoms with van der Waals surface area (Å²) in [5, 5.41) is 0. The molecule has 1 aromatic heterocycles. The van der Waals surface area contributed by atoms with Crippen LogP contribution in [0.5, 0.6) is 0 Å². The molecule has 2 N–H and O–H groups in total. The number of hydrogen-bond donors (Lipinski definition) is 1. The largest absolute Gasteiger partial charge is 0.399 e. The van der Waals surface area contributed by atoms with Crippen molar-refractivity contribution in [3.8, 4) is 0 Å². The Morgan fingerprint density at radius 1 is 1.50 bits per heavy atom. The van der Waals surface area contributed by atoms with Gasteiger partial charge in [-0.2, -0.15) is 0 Å². The van der Waals surface area contributed by atoms with E-state index in [-0.39, 0.29) is 0 Å². The lowest BCUT2D eigenvalue weighted by molar-refractivity contribution is 1.40. The second kappa shape index (κ2) is 2.71. The van der Waals surface area contributed by atoms with Gasteiger partial charge < -0.3 is 5.73 Å². The zero-order valence-corrected chi connectivity index (χ0v) is 8.87. The first-order chi connectivity index (χ1) is 5.66. The number of rotatable bonds is 0. The second-order valence-corrected chi connectivity index (χ2v) is 4.96. The van der Waals surface area contributed by atoms with Crippen LogP contribution in [0.1, 0.15) is 5.56 Å². The Bertz CT molecular complexity index is 436. The normalized spacial score (nSPS) is 10.8. The maximum absolute atomic E-state index is 5.70. The first-order valence-electron chi connectivity index (χ1n) is 3.49. The Kier molecular flexibility index (Phi) is 1.81. The average molecular weight is 243 g/mol. The van der Waals surface area contributed by atoms with Crippen LogP contribution in [0, 0.1) is 6.92 Å². The quantitative estimate of drug-likeness (QED) is 0.722. The van der Waals surface area contributed by atoms with Gasteiger partial charge in [0, 0.05) is 5.69 Å². The summed E-state index contributed by atoms with van der Waals surface area (Å²) >= 11 is 4.96. The summed E-state index contributed by atoms with van der Waals surface area (Å²) in [6.45, 7) is 2.02. The minimum atomic E-state index is 0.802. The zero-order chi connectivity index (χ0) is 8.72. The third-order valence-corrected chi connectivity index (χ3v) is 3.14. The van der Waals surface area contributed by atoms with E-state index in [1.165, 1.54) is 0 Å². The Morgan fingerprint density at radius 2 is 2.25 bits per heavy atom. The van der Waals surface area contributed by atoms with Gasteiger partial charge in [-0.05, 0) is 40.5 Å². The number of aryl methyl sites for hydroxylation is 1. The standard InChI is InChI=1S/C8H7BrN2S/c1-4-2-5(10)3-6-7(4)11-8(9)12-6/h2-3H,10H2,1H3. The summed E-state index contributed by atoms with van der Waals surface area (Å²) in [6, 6.07) is 3.89. The molecule has 4 heteroatoms. The van der Waals surface area contributed by atoms with Gasteiger partial charge in [-0.25, -0.2) is 4.98 Å². The summed E-state index contributed by atoms with van der Waals surface area (Å²) < 4.78 is 2.05. The average Bonchev–Trinajstić information content (AvgIpc) is 2.29. The third kappa shape index (κ3) is 1.21. The second-order valence-electron chi connectivity index (χ2n) is 2.65. The molecule has 0 fully saturated rings. The Balaban J connectivity index is 2.88. The molecular formula is C8H7BrN2S. The molecule has 1 aromatic carbocycles. The summed E-state index contributed by atoms with van der Waals surface area (Å²) in [5.74, 6) is 0. The lowest BCUT2D eigenvalue weighted by Crippen LogP contribution is -1.85. The Labute approximate surface area is 82.5 Å². The predicted octanol–water partition coefficient (Wildman–Crippen LogP) is 2.95. The number of aromatic nitrogens is 1. The van der Waals surface area contributed by atoms with Gasteiger partial charge in [0.2, 0.25) is 0 Å². The highest BCUT2D eigenvalue weighted by atomic mass is 79.9. The fraction of sp³-hybridized carbons (Fsp3) is 0.125. The van der Waals surface area contributed by atoms with Crippen molar-refractivity contribution in [2.24, 2.45) is 0 Å². The Morgan fingerprint density at radius 3 is 3.00 bits per heavy atom. The molecule has 0 atom stereocenters. The molecule has 0 radical (unpaired) electrons. The topological polar surface area (TPSA) is 38.9 Å². The number of anilines is 1. The fourth-order valence-electron chi connectivity index (χ4n) is 1.20. The smallest absolute Gasteiger partial charge is 0.160 e. The van der Waals surface area contributed by atoms with Crippen LogP contribution in [0.25, 0.3) is 10.2 Å². The number of halogens is 1. The highest BCUT2D eigenvalue weighted by molar-refractivity contribution is 9.11. The van der Waals surface area contributed by atoms with Gasteiger partial charge >= 0.3 is 0 Å². The fourth-order valence-corrected chi connectivity index (χ4v) is 2.71. The van der Waals surface area contributed by atoms with Crippen molar-refractivity contribution in [1.29, 1.82) is 0 Å². The summed E-state index contributed by atoms with van der Waals surface area (Å²) in [4.78, 5) is 4.33. The molecule has 0 bridgehead atoms. The number of fused-ring (bicyclic) bond motifs is 1. The van der Waals surface area contributed by atoms with E-state index in [4.69, 9.17) is 5.73 Å².